The fraction of sp³-hybridized carbons (Fsp3) is 0.167. The molecule has 0 saturated carbocycles. The Hall–Kier alpha value is -2.64. The van der Waals surface area contributed by atoms with E-state index in [1.54, 1.807) is 24.7 Å². The van der Waals surface area contributed by atoms with E-state index in [0.29, 0.717) is 17.4 Å². The van der Waals surface area contributed by atoms with Gasteiger partial charge in [-0.05, 0) is 18.2 Å². The summed E-state index contributed by atoms with van der Waals surface area (Å²) in [5.41, 5.74) is 2.35. The lowest BCUT2D eigenvalue weighted by Gasteiger charge is -2.14. The minimum absolute atomic E-state index is 0.158. The molecule has 1 aromatic carbocycles. The van der Waals surface area contributed by atoms with Crippen LogP contribution in [-0.4, -0.2) is 25.0 Å². The molecule has 1 unspecified atom stereocenters. The summed E-state index contributed by atoms with van der Waals surface area (Å²) in [7, 11) is 0. The molecule has 0 aliphatic carbocycles. The van der Waals surface area contributed by atoms with Gasteiger partial charge >= 0.3 is 5.16 Å². The van der Waals surface area contributed by atoms with E-state index >= 15 is 0 Å². The van der Waals surface area contributed by atoms with Gasteiger partial charge in [0.05, 0.1) is 18.4 Å². The molecule has 1 N–H and O–H groups in total. The number of imidazole rings is 1. The van der Waals surface area contributed by atoms with Gasteiger partial charge in [-0.15, -0.1) is 0 Å². The molecule has 0 bridgehead atoms. The smallest absolute Gasteiger partial charge is 0.323 e. The first-order chi connectivity index (χ1) is 12.1. The average Bonchev–Trinajstić information content (AvgIpc) is 3.05. The number of anilines is 1. The van der Waals surface area contributed by atoms with Gasteiger partial charge in [0, 0.05) is 41.7 Å². The molecule has 0 saturated heterocycles. The van der Waals surface area contributed by atoms with Crippen LogP contribution in [0.15, 0.2) is 66.2 Å². The zero-order valence-electron chi connectivity index (χ0n) is 13.8. The third kappa shape index (κ3) is 4.46. The third-order valence-electron chi connectivity index (χ3n) is 3.55. The van der Waals surface area contributed by atoms with Crippen LogP contribution in [0.1, 0.15) is 18.2 Å². The fourth-order valence-corrected chi connectivity index (χ4v) is 3.68. The number of carbonyl (C=O) groups excluding carboxylic acids is 1. The van der Waals surface area contributed by atoms with E-state index in [9.17, 15) is 9.35 Å². The molecule has 1 amide bonds. The van der Waals surface area contributed by atoms with Gasteiger partial charge in [-0.3, -0.25) is 14.3 Å². The fourth-order valence-electron chi connectivity index (χ4n) is 2.46. The first kappa shape index (κ1) is 17.2. The summed E-state index contributed by atoms with van der Waals surface area (Å²) in [5.74, 6) is 0.116. The first-order valence-corrected chi connectivity index (χ1v) is 9.10. The van der Waals surface area contributed by atoms with Crippen molar-refractivity contribution in [1.29, 1.82) is 0 Å². The van der Waals surface area contributed by atoms with Crippen molar-refractivity contribution in [2.45, 2.75) is 24.4 Å². The van der Waals surface area contributed by atoms with Gasteiger partial charge in [0.2, 0.25) is 5.91 Å². The minimum Gasteiger partial charge on any atom is -0.609 e. The van der Waals surface area contributed by atoms with Gasteiger partial charge in [-0.25, -0.2) is 0 Å². The number of carbonyl (C=O) groups is 1. The zero-order chi connectivity index (χ0) is 17.6. The van der Waals surface area contributed by atoms with Crippen molar-refractivity contribution >= 4 is 22.8 Å². The molecule has 1 atom stereocenters. The van der Waals surface area contributed by atoms with Gasteiger partial charge in [0.15, 0.2) is 0 Å². The molecule has 0 spiro atoms. The Kier molecular flexibility index (Phi) is 5.47. The molecule has 3 rings (SSSR count). The molecule has 0 radical (unpaired) electrons. The molecule has 0 aliphatic heterocycles. The van der Waals surface area contributed by atoms with Crippen LogP contribution in [0, 0.1) is 0 Å². The second-order valence-corrected chi connectivity index (χ2v) is 6.83. The maximum absolute atomic E-state index is 12.8. The second-order valence-electron chi connectivity index (χ2n) is 5.49. The molecule has 3 aromatic rings. The van der Waals surface area contributed by atoms with Gasteiger partial charge in [-0.1, -0.05) is 24.3 Å². The Morgan fingerprint density at radius 3 is 2.72 bits per heavy atom. The Labute approximate surface area is 149 Å². The van der Waals surface area contributed by atoms with Gasteiger partial charge < -0.3 is 9.87 Å². The minimum atomic E-state index is -1.34. The molecular formula is C18H18N4O2S. The standard InChI is InChI=1S/C18H18N4O2S/c1-14(23)21-17-8-3-2-6-15(17)13-25(24)18-20-10-11-22(18)12-16-7-4-5-9-19-16/h2-11H,12-13H2,1H3,(H,21,23). The van der Waals surface area contributed by atoms with Crippen LogP contribution in [0.5, 0.6) is 0 Å². The van der Waals surface area contributed by atoms with Crippen LogP contribution in [0.4, 0.5) is 5.69 Å². The van der Waals surface area contributed by atoms with E-state index in [4.69, 9.17) is 0 Å². The number of aromatic nitrogens is 3. The molecule has 6 nitrogen and oxygen atoms in total. The predicted octanol–water partition coefficient (Wildman–Crippen LogP) is 2.59. The summed E-state index contributed by atoms with van der Waals surface area (Å²) in [6.45, 7) is 1.96. The summed E-state index contributed by atoms with van der Waals surface area (Å²) in [4.78, 5) is 19.9. The van der Waals surface area contributed by atoms with E-state index in [1.807, 2.05) is 41.0 Å². The van der Waals surface area contributed by atoms with E-state index in [2.05, 4.69) is 15.3 Å². The number of amides is 1. The van der Waals surface area contributed by atoms with Crippen molar-refractivity contribution in [3.63, 3.8) is 0 Å². The largest absolute Gasteiger partial charge is 0.609 e. The number of rotatable bonds is 6. The quantitative estimate of drug-likeness (QED) is 0.690. The summed E-state index contributed by atoms with van der Waals surface area (Å²) in [5, 5.41) is 3.26. The van der Waals surface area contributed by atoms with Crippen LogP contribution < -0.4 is 5.32 Å². The third-order valence-corrected chi connectivity index (χ3v) is 4.87. The topological polar surface area (TPSA) is 82.9 Å². The maximum Gasteiger partial charge on any atom is 0.323 e. The number of para-hydroxylation sites is 1. The highest BCUT2D eigenvalue weighted by Gasteiger charge is 2.20. The SMILES string of the molecule is CC(=O)Nc1ccccc1C[S+]([O-])c1nccn1Cc1ccccn1. The lowest BCUT2D eigenvalue weighted by atomic mass is 10.2. The maximum atomic E-state index is 12.8. The number of pyridine rings is 1. The summed E-state index contributed by atoms with van der Waals surface area (Å²) in [6, 6.07) is 13.0. The monoisotopic (exact) mass is 354 g/mol. The number of hydrogen-bond acceptors (Lipinski definition) is 4. The van der Waals surface area contributed by atoms with Gasteiger partial charge in [-0.2, -0.15) is 4.98 Å². The van der Waals surface area contributed by atoms with E-state index in [-0.39, 0.29) is 11.7 Å². The molecular weight excluding hydrogens is 336 g/mol. The van der Waals surface area contributed by atoms with E-state index in [1.165, 1.54) is 6.92 Å². The molecule has 7 heteroatoms. The highest BCUT2D eigenvalue weighted by molar-refractivity contribution is 7.90. The Balaban J connectivity index is 1.78. The van der Waals surface area contributed by atoms with Crippen LogP contribution in [0.3, 0.4) is 0 Å². The van der Waals surface area contributed by atoms with Crippen LogP contribution >= 0.6 is 0 Å². The Bertz CT molecular complexity index is 851. The molecule has 0 aliphatic rings. The highest BCUT2D eigenvalue weighted by atomic mass is 32.2. The molecule has 2 aromatic heterocycles. The van der Waals surface area contributed by atoms with Crippen molar-refractivity contribution in [1.82, 2.24) is 14.5 Å². The lowest BCUT2D eigenvalue weighted by molar-refractivity contribution is -0.114. The Morgan fingerprint density at radius 1 is 1.16 bits per heavy atom. The van der Waals surface area contributed by atoms with Gasteiger partial charge in [0.1, 0.15) is 5.75 Å². The highest BCUT2D eigenvalue weighted by Crippen LogP contribution is 2.22. The zero-order valence-corrected chi connectivity index (χ0v) is 14.6. The number of nitrogens with zero attached hydrogens (tertiary/aromatic N) is 3. The van der Waals surface area contributed by atoms with Crippen LogP contribution in [0.2, 0.25) is 0 Å². The average molecular weight is 354 g/mol. The van der Waals surface area contributed by atoms with Crippen molar-refractivity contribution in [3.05, 3.63) is 72.3 Å². The summed E-state index contributed by atoms with van der Waals surface area (Å²) >= 11 is -1.34. The predicted molar refractivity (Wildman–Crippen MR) is 96.4 cm³/mol. The van der Waals surface area contributed by atoms with E-state index in [0.717, 1.165) is 11.3 Å². The number of nitrogens with one attached hydrogen (secondary N) is 1. The van der Waals surface area contributed by atoms with Crippen molar-refractivity contribution in [3.8, 4) is 0 Å². The number of benzene rings is 1. The first-order valence-electron chi connectivity index (χ1n) is 7.78. The van der Waals surface area contributed by atoms with Crippen LogP contribution in [0.25, 0.3) is 0 Å². The van der Waals surface area contributed by atoms with Gasteiger partial charge in [0.25, 0.3) is 0 Å². The van der Waals surface area contributed by atoms with Crippen molar-refractivity contribution in [2.24, 2.45) is 0 Å². The molecule has 2 heterocycles. The summed E-state index contributed by atoms with van der Waals surface area (Å²) < 4.78 is 14.7. The molecule has 25 heavy (non-hydrogen) atoms. The van der Waals surface area contributed by atoms with Crippen molar-refractivity contribution < 1.29 is 9.35 Å². The Morgan fingerprint density at radius 2 is 1.96 bits per heavy atom. The number of hydrogen-bond donors (Lipinski definition) is 1. The van der Waals surface area contributed by atoms with Crippen molar-refractivity contribution in [2.75, 3.05) is 5.32 Å². The molecule has 0 fully saturated rings. The van der Waals surface area contributed by atoms with E-state index < -0.39 is 11.2 Å². The second kappa shape index (κ2) is 7.96. The van der Waals surface area contributed by atoms with Crippen LogP contribution in [-0.2, 0) is 28.3 Å². The molecule has 128 valence electrons. The lowest BCUT2D eigenvalue weighted by Crippen LogP contribution is -2.15. The normalized spacial score (nSPS) is 11.9. The summed E-state index contributed by atoms with van der Waals surface area (Å²) in [6.07, 6.45) is 5.16.